The third-order valence-electron chi connectivity index (χ3n) is 25.3. The van der Waals surface area contributed by atoms with E-state index in [0.29, 0.717) is 31.5 Å². The minimum absolute atomic E-state index is 0.411. The van der Waals surface area contributed by atoms with Gasteiger partial charge in [-0.15, -0.1) is 0 Å². The van der Waals surface area contributed by atoms with Crippen LogP contribution in [0.1, 0.15) is 345 Å². The van der Waals surface area contributed by atoms with Gasteiger partial charge in [0.25, 0.3) is 0 Å². The van der Waals surface area contributed by atoms with E-state index in [1.807, 2.05) is 0 Å². The molecule has 0 bridgehead atoms. The van der Waals surface area contributed by atoms with Crippen molar-refractivity contribution < 1.29 is 0 Å². The molecule has 0 aliphatic carbocycles. The molecule has 9 aromatic carbocycles. The van der Waals surface area contributed by atoms with Gasteiger partial charge in [0.1, 0.15) is 0 Å². The van der Waals surface area contributed by atoms with Crippen LogP contribution in [-0.4, -0.2) is 29.5 Å². The topological polar surface area (TPSA) is 18.0 Å². The number of para-hydroxylation sites is 3. The summed E-state index contributed by atoms with van der Waals surface area (Å²) < 4.78 is 7.48. The van der Waals surface area contributed by atoms with Crippen LogP contribution in [0, 0.1) is 0 Å². The van der Waals surface area contributed by atoms with Crippen molar-refractivity contribution in [2.75, 3.05) is 4.90 Å². The summed E-state index contributed by atoms with van der Waals surface area (Å²) in [6.45, 7) is 21.6. The second-order valence-corrected chi connectivity index (χ2v) is 39.9. The Morgan fingerprint density at radius 2 is 0.435 bits per heavy atom. The molecule has 614 valence electrons. The van der Waals surface area contributed by atoms with Crippen LogP contribution in [0.15, 0.2) is 200 Å². The average molecular weight is 1590 g/mol. The summed E-state index contributed by atoms with van der Waals surface area (Å²) in [6.07, 6.45) is 54.3. The molecule has 4 nitrogen and oxygen atoms in total. The van der Waals surface area contributed by atoms with E-state index >= 15 is 0 Å². The Morgan fingerprint density at radius 1 is 0.226 bits per heavy atom. The zero-order valence-corrected chi connectivity index (χ0v) is 75.1. The second-order valence-electron chi connectivity index (χ2n) is 34.6. The van der Waals surface area contributed by atoms with Crippen LogP contribution in [0.4, 0.5) is 17.1 Å². The molecule has 6 unspecified atom stereocenters. The molecule has 6 atom stereocenters. The predicted octanol–water partition coefficient (Wildman–Crippen LogP) is 36.3. The van der Waals surface area contributed by atoms with Crippen LogP contribution in [0.5, 0.6) is 0 Å². The van der Waals surface area contributed by atoms with Crippen molar-refractivity contribution in [3.63, 3.8) is 0 Å². The smallest absolute Gasteiger partial charge is 0.0541 e. The summed E-state index contributed by atoms with van der Waals surface area (Å²) in [5, 5.41) is 11.0. The van der Waals surface area contributed by atoms with Gasteiger partial charge in [0, 0.05) is 97.9 Å². The van der Waals surface area contributed by atoms with E-state index in [-0.39, 0.29) is 0 Å². The van der Waals surface area contributed by atoms with Gasteiger partial charge in [-0.2, -0.15) is 35.3 Å². The summed E-state index contributed by atoms with van der Waals surface area (Å²) in [5.74, 6) is 0. The molecule has 0 aliphatic heterocycles. The first kappa shape index (κ1) is 87.5. The van der Waals surface area contributed by atoms with Crippen molar-refractivity contribution >= 4 is 118 Å². The Bertz CT molecular complexity index is 4340. The lowest BCUT2D eigenvalue weighted by atomic mass is 10.0. The van der Waals surface area contributed by atoms with Gasteiger partial charge in [0.15, 0.2) is 0 Å². The highest BCUT2D eigenvalue weighted by molar-refractivity contribution is 8.00. The lowest BCUT2D eigenvalue weighted by Crippen LogP contribution is -2.10. The highest BCUT2D eigenvalue weighted by Crippen LogP contribution is 2.45. The molecule has 0 fully saturated rings. The maximum atomic E-state index is 2.50. The van der Waals surface area contributed by atoms with Gasteiger partial charge in [-0.3, -0.25) is 0 Å². The molecule has 3 aromatic heterocycles. The lowest BCUT2D eigenvalue weighted by Gasteiger charge is -2.26. The molecule has 12 rings (SSSR count). The molecule has 0 spiro atoms. The van der Waals surface area contributed by atoms with Crippen LogP contribution < -0.4 is 4.90 Å². The molecule has 115 heavy (non-hydrogen) atoms. The molecule has 0 saturated carbocycles. The monoisotopic (exact) mass is 1590 g/mol. The first-order chi connectivity index (χ1) is 56.5. The summed E-state index contributed by atoms with van der Waals surface area (Å²) >= 11 is 6.46. The van der Waals surface area contributed by atoms with Crippen LogP contribution in [-0.2, 0) is 0 Å². The summed E-state index contributed by atoms with van der Waals surface area (Å²) in [4.78, 5) is 2.46. The summed E-state index contributed by atoms with van der Waals surface area (Å²) in [7, 11) is 0. The summed E-state index contributed by atoms with van der Waals surface area (Å²) in [6, 6.07) is 77.2. The van der Waals surface area contributed by atoms with Gasteiger partial charge in [-0.05, 0) is 184 Å². The third kappa shape index (κ3) is 24.3. The number of rotatable bonds is 54. The van der Waals surface area contributed by atoms with Gasteiger partial charge >= 0.3 is 0 Å². The van der Waals surface area contributed by atoms with Crippen LogP contribution >= 0.6 is 35.3 Å². The van der Waals surface area contributed by atoms with Crippen molar-refractivity contribution in [1.29, 1.82) is 0 Å². The number of benzene rings is 9. The van der Waals surface area contributed by atoms with E-state index in [2.05, 4.69) is 316 Å². The Kier molecular flexibility index (Phi) is 35.4. The van der Waals surface area contributed by atoms with Crippen molar-refractivity contribution in [1.82, 2.24) is 13.7 Å². The normalized spacial score (nSPS) is 13.6. The van der Waals surface area contributed by atoms with E-state index in [4.69, 9.17) is 0 Å². The van der Waals surface area contributed by atoms with Gasteiger partial charge in [-0.25, -0.2) is 0 Å². The first-order valence-corrected chi connectivity index (χ1v) is 49.5. The third-order valence-corrected chi connectivity index (χ3v) is 29.4. The summed E-state index contributed by atoms with van der Waals surface area (Å²) in [5.41, 5.74) is 18.5. The highest BCUT2D eigenvalue weighted by Gasteiger charge is 2.23. The minimum atomic E-state index is 0.411. The molecule has 0 aliphatic rings. The molecule has 7 heteroatoms. The number of unbranched alkanes of at least 4 members (excludes halogenated alkanes) is 33. The molecule has 0 radical (unpaired) electrons. The van der Waals surface area contributed by atoms with E-state index in [0.717, 1.165) is 34.1 Å². The number of anilines is 3. The fourth-order valence-corrected chi connectivity index (χ4v) is 22.5. The van der Waals surface area contributed by atoms with Crippen LogP contribution in [0.25, 0.3) is 82.5 Å². The quantitative estimate of drug-likeness (QED) is 0.0354. The highest BCUT2D eigenvalue weighted by atomic mass is 32.2. The number of hydrogen-bond acceptors (Lipinski definition) is 4. The van der Waals surface area contributed by atoms with E-state index in [1.54, 1.807) is 0 Å². The first-order valence-electron chi connectivity index (χ1n) is 46.7. The average Bonchev–Trinajstić information content (AvgIpc) is 1.60. The molecule has 12 aromatic rings. The van der Waals surface area contributed by atoms with Crippen molar-refractivity contribution in [3.8, 4) is 17.1 Å². The number of aromatic nitrogens is 3. The number of thioether (sulfide) groups is 3. The van der Waals surface area contributed by atoms with Crippen LogP contribution in [0.3, 0.4) is 0 Å². The van der Waals surface area contributed by atoms with E-state index in [1.165, 1.54) is 333 Å². The van der Waals surface area contributed by atoms with Gasteiger partial charge in [-0.1, -0.05) is 345 Å². The molecular formula is C108H144N4S3. The molecule has 3 heterocycles. The Hall–Kier alpha value is -6.77. The molecule has 0 N–H and O–H groups in total. The number of fused-ring (bicyclic) bond motifs is 9. The van der Waals surface area contributed by atoms with Gasteiger partial charge < -0.3 is 18.6 Å². The largest absolute Gasteiger partial charge is 0.310 e. The predicted molar refractivity (Wildman–Crippen MR) is 518 cm³/mol. The second kappa shape index (κ2) is 46.5. The van der Waals surface area contributed by atoms with Gasteiger partial charge in [0.05, 0.1) is 33.1 Å². The molecule has 0 saturated heterocycles. The lowest BCUT2D eigenvalue weighted by molar-refractivity contribution is 0.539. The Balaban J connectivity index is 0.773. The van der Waals surface area contributed by atoms with Crippen molar-refractivity contribution in [2.24, 2.45) is 0 Å². The van der Waals surface area contributed by atoms with E-state index < -0.39 is 0 Å². The number of hydrogen-bond donors (Lipinski definition) is 0. The fraction of sp³-hybridized carbons (Fsp3) is 0.500. The SMILES string of the molecule is CCCCCCCCCCCCCCC(C)SC(C)c1ccc2c(c1)c1ccccc1n2-c1ccc(N(c2ccc(-n3c4ccccc4c4cc(C(C)SC(C)CCCCCCCCCCCCCC)ccc43)cc2)c2ccc(-n3c4ccccc4c4cc(C(C)SC(C)CCCCCCCCCCCCCC)ccc43)cc2)cc1. The fourth-order valence-electron chi connectivity index (χ4n) is 18.6. The maximum absolute atomic E-state index is 2.50. The van der Waals surface area contributed by atoms with Crippen LogP contribution in [0.2, 0.25) is 0 Å². The minimum Gasteiger partial charge on any atom is -0.310 e. The van der Waals surface area contributed by atoms with Crippen molar-refractivity contribution in [2.45, 2.75) is 344 Å². The van der Waals surface area contributed by atoms with E-state index in [9.17, 15) is 0 Å². The molecular weight excluding hydrogens is 1450 g/mol. The van der Waals surface area contributed by atoms with Gasteiger partial charge in [0.2, 0.25) is 0 Å². The van der Waals surface area contributed by atoms with Crippen molar-refractivity contribution in [3.05, 3.63) is 217 Å². The number of nitrogens with zero attached hydrogens (tertiary/aromatic N) is 4. The maximum Gasteiger partial charge on any atom is 0.0541 e. The zero-order valence-electron chi connectivity index (χ0n) is 72.6. The Morgan fingerprint density at radius 3 is 0.670 bits per heavy atom. The zero-order chi connectivity index (χ0) is 79.9. The standard InChI is InChI=1S/C108H144N4S3/c1-10-13-16-19-22-25-28-31-34-37-40-43-52-82(4)113-85(7)88-61-76-106-100(79-88)97-55-46-49-58-103(97)110(106)94-70-64-91(65-71-94)109(92-66-72-95(73-67-92)111-104-59-50-47-56-98(104)101-80-89(62-77-107(101)111)86(8)114-83(5)53-44-41-38-35-32-29-26-23-20-17-14-11-2)93-68-74-96(75-69-93)112-105-60-51-48-57-99(105)102-81-90(63-78-108(102)112)87(9)115-84(6)54-45-42-39-36-33-30-27-24-21-18-15-12-3/h46-51,55-87H,10-45,52-54H2,1-9H3. The Labute approximate surface area is 709 Å². The molecule has 0 amide bonds.